The minimum atomic E-state index is -0.298. The predicted molar refractivity (Wildman–Crippen MR) is 113 cm³/mol. The molecule has 0 atom stereocenters. The monoisotopic (exact) mass is 396 g/mol. The number of unbranched alkanes of at least 4 members (excludes halogenated alkanes) is 1. The molecule has 2 aromatic carbocycles. The van der Waals surface area contributed by atoms with Crippen molar-refractivity contribution in [2.24, 2.45) is 0 Å². The van der Waals surface area contributed by atoms with Crippen molar-refractivity contribution in [3.05, 3.63) is 63.9 Å². The van der Waals surface area contributed by atoms with Crippen LogP contribution in [0.15, 0.2) is 52.4 Å². The molecule has 0 N–H and O–H groups in total. The Hall–Kier alpha value is -2.60. The molecule has 0 saturated carbocycles. The van der Waals surface area contributed by atoms with E-state index in [0.717, 1.165) is 29.7 Å². The normalized spacial score (nSPS) is 11.0. The van der Waals surface area contributed by atoms with Gasteiger partial charge in [-0.05, 0) is 55.7 Å². The van der Waals surface area contributed by atoms with E-state index >= 15 is 0 Å². The SMILES string of the molecule is CCCCOC(=O)CSc1nc2ccccc2c(=O)n1-c1cc(C)cc(C)c1. The summed E-state index contributed by atoms with van der Waals surface area (Å²) >= 11 is 1.23. The van der Waals surface area contributed by atoms with E-state index in [1.165, 1.54) is 11.8 Å². The highest BCUT2D eigenvalue weighted by Crippen LogP contribution is 2.23. The molecule has 0 aliphatic rings. The highest BCUT2D eigenvalue weighted by Gasteiger charge is 2.15. The van der Waals surface area contributed by atoms with Crippen molar-refractivity contribution in [3.63, 3.8) is 0 Å². The number of carbonyl (C=O) groups excluding carboxylic acids is 1. The molecule has 5 nitrogen and oxygen atoms in total. The number of rotatable bonds is 7. The summed E-state index contributed by atoms with van der Waals surface area (Å²) in [6.07, 6.45) is 1.82. The Balaban J connectivity index is 2.02. The number of aryl methyl sites for hydroxylation is 2. The molecule has 0 aliphatic heterocycles. The highest BCUT2D eigenvalue weighted by atomic mass is 32.2. The average Bonchev–Trinajstić information content (AvgIpc) is 2.66. The Morgan fingerprint density at radius 3 is 2.57 bits per heavy atom. The van der Waals surface area contributed by atoms with Gasteiger partial charge in [-0.15, -0.1) is 0 Å². The molecule has 3 rings (SSSR count). The van der Waals surface area contributed by atoms with Crippen LogP contribution in [0.4, 0.5) is 0 Å². The van der Waals surface area contributed by atoms with Crippen LogP contribution in [0.1, 0.15) is 30.9 Å². The summed E-state index contributed by atoms with van der Waals surface area (Å²) in [5.74, 6) is -0.188. The third-order valence-corrected chi connectivity index (χ3v) is 5.20. The van der Waals surface area contributed by atoms with Crippen LogP contribution in [0.5, 0.6) is 0 Å². The molecule has 0 radical (unpaired) electrons. The molecule has 0 amide bonds. The Morgan fingerprint density at radius 2 is 1.86 bits per heavy atom. The Labute approximate surface area is 168 Å². The van der Waals surface area contributed by atoms with Crippen molar-refractivity contribution in [3.8, 4) is 5.69 Å². The lowest BCUT2D eigenvalue weighted by atomic mass is 10.1. The first kappa shape index (κ1) is 20.1. The van der Waals surface area contributed by atoms with Gasteiger partial charge >= 0.3 is 5.97 Å². The maximum absolute atomic E-state index is 13.2. The van der Waals surface area contributed by atoms with E-state index in [9.17, 15) is 9.59 Å². The minimum Gasteiger partial charge on any atom is -0.465 e. The van der Waals surface area contributed by atoms with Crippen molar-refractivity contribution >= 4 is 28.6 Å². The van der Waals surface area contributed by atoms with Gasteiger partial charge in [-0.3, -0.25) is 14.2 Å². The first-order valence-electron chi connectivity index (χ1n) is 9.38. The number of nitrogens with zero attached hydrogens (tertiary/aromatic N) is 2. The van der Waals surface area contributed by atoms with Gasteiger partial charge in [-0.2, -0.15) is 0 Å². The molecule has 6 heteroatoms. The maximum atomic E-state index is 13.2. The van der Waals surface area contributed by atoms with Gasteiger partial charge in [-0.1, -0.05) is 43.3 Å². The topological polar surface area (TPSA) is 61.2 Å². The predicted octanol–water partition coefficient (Wildman–Crippen LogP) is 4.44. The number of aromatic nitrogens is 2. The van der Waals surface area contributed by atoms with Gasteiger partial charge in [0.05, 0.1) is 29.0 Å². The fraction of sp³-hybridized carbons (Fsp3) is 0.318. The zero-order valence-electron chi connectivity index (χ0n) is 16.4. The van der Waals surface area contributed by atoms with E-state index in [-0.39, 0.29) is 17.3 Å². The van der Waals surface area contributed by atoms with E-state index in [1.807, 2.05) is 51.1 Å². The number of hydrogen-bond acceptors (Lipinski definition) is 5. The number of carbonyl (C=O) groups is 1. The number of para-hydroxylation sites is 1. The second-order valence-electron chi connectivity index (χ2n) is 6.76. The van der Waals surface area contributed by atoms with Gasteiger partial charge in [0.15, 0.2) is 5.16 Å². The Kier molecular flexibility index (Phi) is 6.52. The van der Waals surface area contributed by atoms with Gasteiger partial charge < -0.3 is 4.74 Å². The van der Waals surface area contributed by atoms with Crippen molar-refractivity contribution in [2.45, 2.75) is 38.8 Å². The van der Waals surface area contributed by atoms with Gasteiger partial charge in [0.2, 0.25) is 0 Å². The lowest BCUT2D eigenvalue weighted by Crippen LogP contribution is -2.22. The van der Waals surface area contributed by atoms with Crippen LogP contribution in [-0.4, -0.2) is 27.9 Å². The van der Waals surface area contributed by atoms with Crippen molar-refractivity contribution in [2.75, 3.05) is 12.4 Å². The fourth-order valence-electron chi connectivity index (χ4n) is 3.01. The molecule has 28 heavy (non-hydrogen) atoms. The van der Waals surface area contributed by atoms with Crippen molar-refractivity contribution in [1.82, 2.24) is 9.55 Å². The van der Waals surface area contributed by atoms with E-state index in [0.29, 0.717) is 22.7 Å². The largest absolute Gasteiger partial charge is 0.465 e. The second kappa shape index (κ2) is 9.06. The summed E-state index contributed by atoms with van der Waals surface area (Å²) < 4.78 is 6.82. The van der Waals surface area contributed by atoms with Crippen LogP contribution >= 0.6 is 11.8 Å². The van der Waals surface area contributed by atoms with E-state index in [1.54, 1.807) is 10.6 Å². The first-order valence-corrected chi connectivity index (χ1v) is 10.4. The molecule has 1 heterocycles. The Bertz CT molecular complexity index is 1040. The zero-order valence-corrected chi connectivity index (χ0v) is 17.2. The standard InChI is InChI=1S/C22H24N2O3S/c1-4-5-10-27-20(25)14-28-22-23-19-9-7-6-8-18(19)21(26)24(22)17-12-15(2)11-16(3)13-17/h6-9,11-13H,4-5,10,14H2,1-3H3. The molecule has 0 aliphatic carbocycles. The van der Waals surface area contributed by atoms with Crippen LogP contribution in [0, 0.1) is 13.8 Å². The summed E-state index contributed by atoms with van der Waals surface area (Å²) in [4.78, 5) is 29.9. The molecule has 0 bridgehead atoms. The number of hydrogen-bond donors (Lipinski definition) is 0. The van der Waals surface area contributed by atoms with Crippen molar-refractivity contribution < 1.29 is 9.53 Å². The number of ether oxygens (including phenoxy) is 1. The van der Waals surface area contributed by atoms with E-state index < -0.39 is 0 Å². The number of benzene rings is 2. The molecule has 0 fully saturated rings. The van der Waals surface area contributed by atoms with Gasteiger partial charge in [0.25, 0.3) is 5.56 Å². The Morgan fingerprint density at radius 1 is 1.14 bits per heavy atom. The summed E-state index contributed by atoms with van der Waals surface area (Å²) in [5.41, 5.74) is 3.35. The molecular weight excluding hydrogens is 372 g/mol. The van der Waals surface area contributed by atoms with E-state index in [4.69, 9.17) is 4.74 Å². The van der Waals surface area contributed by atoms with Crippen LogP contribution in [0.25, 0.3) is 16.6 Å². The van der Waals surface area contributed by atoms with Crippen LogP contribution < -0.4 is 5.56 Å². The molecular formula is C22H24N2O3S. The smallest absolute Gasteiger partial charge is 0.316 e. The van der Waals surface area contributed by atoms with Gasteiger partial charge in [0.1, 0.15) is 0 Å². The maximum Gasteiger partial charge on any atom is 0.316 e. The van der Waals surface area contributed by atoms with Crippen LogP contribution in [0.3, 0.4) is 0 Å². The number of fused-ring (bicyclic) bond motifs is 1. The van der Waals surface area contributed by atoms with E-state index in [2.05, 4.69) is 11.1 Å². The molecule has 3 aromatic rings. The molecule has 0 spiro atoms. The van der Waals surface area contributed by atoms with Crippen LogP contribution in [-0.2, 0) is 9.53 Å². The first-order chi connectivity index (χ1) is 13.5. The zero-order chi connectivity index (χ0) is 20.1. The summed E-state index contributed by atoms with van der Waals surface area (Å²) in [6.45, 7) is 6.46. The molecule has 146 valence electrons. The van der Waals surface area contributed by atoms with Crippen LogP contribution in [0.2, 0.25) is 0 Å². The lowest BCUT2D eigenvalue weighted by molar-refractivity contribution is -0.140. The third-order valence-electron chi connectivity index (χ3n) is 4.29. The molecule has 0 unspecified atom stereocenters. The fourth-order valence-corrected chi connectivity index (χ4v) is 3.82. The quantitative estimate of drug-likeness (QED) is 0.256. The molecule has 1 aromatic heterocycles. The summed E-state index contributed by atoms with van der Waals surface area (Å²) in [5, 5.41) is 1.04. The number of thioether (sulfide) groups is 1. The minimum absolute atomic E-state index is 0.110. The molecule has 0 saturated heterocycles. The van der Waals surface area contributed by atoms with Crippen molar-refractivity contribution in [1.29, 1.82) is 0 Å². The third kappa shape index (κ3) is 4.62. The highest BCUT2D eigenvalue weighted by molar-refractivity contribution is 7.99. The van der Waals surface area contributed by atoms with Gasteiger partial charge in [0, 0.05) is 0 Å². The summed E-state index contributed by atoms with van der Waals surface area (Å²) in [6, 6.07) is 13.2. The summed E-state index contributed by atoms with van der Waals surface area (Å²) in [7, 11) is 0. The average molecular weight is 397 g/mol. The van der Waals surface area contributed by atoms with Gasteiger partial charge in [-0.25, -0.2) is 4.98 Å². The lowest BCUT2D eigenvalue weighted by Gasteiger charge is -2.14. The second-order valence-corrected chi connectivity index (χ2v) is 7.70. The number of esters is 1.